The zero-order valence-electron chi connectivity index (χ0n) is 11.1. The van der Waals surface area contributed by atoms with Gasteiger partial charge in [-0.1, -0.05) is 6.42 Å². The Labute approximate surface area is 118 Å². The largest absolute Gasteiger partial charge is 0.416 e. The van der Waals surface area contributed by atoms with E-state index in [1.807, 2.05) is 0 Å². The molecule has 0 spiro atoms. The van der Waals surface area contributed by atoms with E-state index < -0.39 is 22.4 Å². The SMILES string of the molecule is O=[N+]([O-])c1cc(C(F)(F)F)ccc1NC1CCCC1CO. The van der Waals surface area contributed by atoms with Gasteiger partial charge in [0.2, 0.25) is 0 Å². The Hall–Kier alpha value is -1.83. The molecule has 2 N–H and O–H groups in total. The van der Waals surface area contributed by atoms with Crippen molar-refractivity contribution in [3.05, 3.63) is 33.9 Å². The van der Waals surface area contributed by atoms with Crippen molar-refractivity contribution in [2.75, 3.05) is 11.9 Å². The smallest absolute Gasteiger partial charge is 0.396 e. The summed E-state index contributed by atoms with van der Waals surface area (Å²) in [6, 6.07) is 2.27. The van der Waals surface area contributed by atoms with Crippen molar-refractivity contribution in [1.82, 2.24) is 0 Å². The minimum atomic E-state index is -4.62. The predicted molar refractivity (Wildman–Crippen MR) is 69.9 cm³/mol. The quantitative estimate of drug-likeness (QED) is 0.661. The summed E-state index contributed by atoms with van der Waals surface area (Å²) in [5.74, 6) is -0.0353. The van der Waals surface area contributed by atoms with Crippen molar-refractivity contribution < 1.29 is 23.2 Å². The minimum absolute atomic E-state index is 0.0353. The molecule has 1 fully saturated rings. The third-order valence-corrected chi connectivity index (χ3v) is 3.76. The average molecular weight is 304 g/mol. The molecule has 1 aliphatic carbocycles. The molecule has 2 atom stereocenters. The first kappa shape index (κ1) is 15.6. The molecule has 2 unspecified atom stereocenters. The summed E-state index contributed by atoms with van der Waals surface area (Å²) in [5, 5.41) is 23.1. The first-order chi connectivity index (χ1) is 9.82. The molecule has 2 rings (SSSR count). The van der Waals surface area contributed by atoms with E-state index in [1.54, 1.807) is 0 Å². The van der Waals surface area contributed by atoms with Crippen LogP contribution in [0.2, 0.25) is 0 Å². The summed E-state index contributed by atoms with van der Waals surface area (Å²) >= 11 is 0. The number of anilines is 1. The van der Waals surface area contributed by atoms with Gasteiger partial charge in [-0.2, -0.15) is 13.2 Å². The van der Waals surface area contributed by atoms with Crippen molar-refractivity contribution in [1.29, 1.82) is 0 Å². The Morgan fingerprint density at radius 1 is 1.38 bits per heavy atom. The van der Waals surface area contributed by atoms with Crippen molar-refractivity contribution in [2.45, 2.75) is 31.5 Å². The number of halogens is 3. The lowest BCUT2D eigenvalue weighted by Gasteiger charge is -2.20. The summed E-state index contributed by atoms with van der Waals surface area (Å²) in [4.78, 5) is 10.1. The molecule has 1 aromatic carbocycles. The van der Waals surface area contributed by atoms with E-state index in [0.717, 1.165) is 31.4 Å². The van der Waals surface area contributed by atoms with E-state index in [1.165, 1.54) is 0 Å². The van der Waals surface area contributed by atoms with Crippen molar-refractivity contribution in [2.24, 2.45) is 5.92 Å². The van der Waals surface area contributed by atoms with Crippen LogP contribution in [0.25, 0.3) is 0 Å². The second-order valence-electron chi connectivity index (χ2n) is 5.11. The van der Waals surface area contributed by atoms with Gasteiger partial charge in [0.1, 0.15) is 5.69 Å². The summed E-state index contributed by atoms with van der Waals surface area (Å²) in [6.45, 7) is -0.0495. The molecule has 116 valence electrons. The maximum atomic E-state index is 12.6. The van der Waals surface area contributed by atoms with Gasteiger partial charge in [-0.25, -0.2) is 0 Å². The molecule has 0 amide bonds. The van der Waals surface area contributed by atoms with Gasteiger partial charge in [0, 0.05) is 24.6 Å². The van der Waals surface area contributed by atoms with Gasteiger partial charge in [-0.3, -0.25) is 10.1 Å². The number of nitro benzene ring substituents is 1. The van der Waals surface area contributed by atoms with Crippen LogP contribution in [0, 0.1) is 16.0 Å². The first-order valence-electron chi connectivity index (χ1n) is 6.56. The Balaban J connectivity index is 2.29. The van der Waals surface area contributed by atoms with Crippen LogP contribution < -0.4 is 5.32 Å². The van der Waals surface area contributed by atoms with Crippen LogP contribution in [-0.2, 0) is 6.18 Å². The minimum Gasteiger partial charge on any atom is -0.396 e. The van der Waals surface area contributed by atoms with E-state index in [2.05, 4.69) is 5.32 Å². The van der Waals surface area contributed by atoms with Gasteiger partial charge in [-0.05, 0) is 25.0 Å². The number of rotatable bonds is 4. The molecule has 0 bridgehead atoms. The number of nitrogens with one attached hydrogen (secondary N) is 1. The van der Waals surface area contributed by atoms with Gasteiger partial charge in [0.25, 0.3) is 5.69 Å². The number of hydrogen-bond acceptors (Lipinski definition) is 4. The molecule has 0 heterocycles. The summed E-state index contributed by atoms with van der Waals surface area (Å²) < 4.78 is 37.8. The average Bonchev–Trinajstić information content (AvgIpc) is 2.84. The van der Waals surface area contributed by atoms with E-state index >= 15 is 0 Å². The first-order valence-corrected chi connectivity index (χ1v) is 6.56. The number of nitrogens with zero attached hydrogens (tertiary/aromatic N) is 1. The van der Waals surface area contributed by atoms with Crippen LogP contribution >= 0.6 is 0 Å². The fourth-order valence-corrected chi connectivity index (χ4v) is 2.63. The fraction of sp³-hybridized carbons (Fsp3) is 0.538. The van der Waals surface area contributed by atoms with Gasteiger partial charge in [0.15, 0.2) is 0 Å². The highest BCUT2D eigenvalue weighted by molar-refractivity contribution is 5.63. The zero-order valence-corrected chi connectivity index (χ0v) is 11.1. The van der Waals surface area contributed by atoms with Crippen molar-refractivity contribution >= 4 is 11.4 Å². The maximum Gasteiger partial charge on any atom is 0.416 e. The van der Waals surface area contributed by atoms with Crippen LogP contribution in [-0.4, -0.2) is 22.7 Å². The highest BCUT2D eigenvalue weighted by Crippen LogP contribution is 2.37. The summed E-state index contributed by atoms with van der Waals surface area (Å²) in [6.07, 6.45) is -2.23. The van der Waals surface area contributed by atoms with Crippen LogP contribution in [0.5, 0.6) is 0 Å². The lowest BCUT2D eigenvalue weighted by atomic mass is 10.0. The van der Waals surface area contributed by atoms with Crippen molar-refractivity contribution in [3.8, 4) is 0 Å². The molecule has 5 nitrogen and oxygen atoms in total. The van der Waals surface area contributed by atoms with E-state index in [4.69, 9.17) is 0 Å². The third-order valence-electron chi connectivity index (χ3n) is 3.76. The van der Waals surface area contributed by atoms with Gasteiger partial charge < -0.3 is 10.4 Å². The number of nitro groups is 1. The maximum absolute atomic E-state index is 12.6. The molecule has 21 heavy (non-hydrogen) atoms. The third kappa shape index (κ3) is 3.44. The Morgan fingerprint density at radius 2 is 2.10 bits per heavy atom. The van der Waals surface area contributed by atoms with Crippen molar-refractivity contribution in [3.63, 3.8) is 0 Å². The van der Waals surface area contributed by atoms with Crippen LogP contribution in [0.1, 0.15) is 24.8 Å². The molecular formula is C13H15F3N2O3. The van der Waals surface area contributed by atoms with Gasteiger partial charge in [0.05, 0.1) is 10.5 Å². The van der Waals surface area contributed by atoms with Gasteiger partial charge in [-0.15, -0.1) is 0 Å². The molecule has 0 aromatic heterocycles. The Morgan fingerprint density at radius 3 is 2.67 bits per heavy atom. The van der Waals surface area contributed by atoms with Crippen LogP contribution in [0.4, 0.5) is 24.5 Å². The molecule has 8 heteroatoms. The molecule has 0 radical (unpaired) electrons. The van der Waals surface area contributed by atoms with Crippen LogP contribution in [0.3, 0.4) is 0 Å². The molecular weight excluding hydrogens is 289 g/mol. The van der Waals surface area contributed by atoms with E-state index in [0.29, 0.717) is 6.07 Å². The highest BCUT2D eigenvalue weighted by atomic mass is 19.4. The van der Waals surface area contributed by atoms with E-state index in [9.17, 15) is 28.4 Å². The normalized spacial score (nSPS) is 22.3. The fourth-order valence-electron chi connectivity index (χ4n) is 2.63. The molecule has 0 aliphatic heterocycles. The number of aliphatic hydroxyl groups is 1. The zero-order chi connectivity index (χ0) is 15.6. The Kier molecular flexibility index (Phi) is 4.36. The molecule has 1 saturated carbocycles. The standard InChI is InChI=1S/C13H15F3N2O3/c14-13(15,16)9-4-5-11(12(6-9)18(20)21)17-10-3-1-2-8(10)7-19/h4-6,8,10,17,19H,1-3,7H2. The number of hydrogen-bond donors (Lipinski definition) is 2. The monoisotopic (exact) mass is 304 g/mol. The number of benzene rings is 1. The summed E-state index contributed by atoms with van der Waals surface area (Å²) in [5.41, 5.74) is -1.60. The summed E-state index contributed by atoms with van der Waals surface area (Å²) in [7, 11) is 0. The molecule has 1 aromatic rings. The van der Waals surface area contributed by atoms with Crippen LogP contribution in [0.15, 0.2) is 18.2 Å². The predicted octanol–water partition coefficient (Wildman–Crippen LogP) is 3.19. The van der Waals surface area contributed by atoms with Gasteiger partial charge >= 0.3 is 6.18 Å². The number of aliphatic hydroxyl groups excluding tert-OH is 1. The highest BCUT2D eigenvalue weighted by Gasteiger charge is 2.34. The Bertz CT molecular complexity index is 534. The second kappa shape index (κ2) is 5.88. The topological polar surface area (TPSA) is 75.4 Å². The number of alkyl halides is 3. The second-order valence-corrected chi connectivity index (χ2v) is 5.11. The lowest BCUT2D eigenvalue weighted by Crippen LogP contribution is -2.26. The molecule has 0 saturated heterocycles. The molecule has 1 aliphatic rings. The van der Waals surface area contributed by atoms with E-state index in [-0.39, 0.29) is 24.3 Å². The lowest BCUT2D eigenvalue weighted by molar-refractivity contribution is -0.384.